The summed E-state index contributed by atoms with van der Waals surface area (Å²) >= 11 is 0. The Morgan fingerprint density at radius 2 is 1.52 bits per heavy atom. The van der Waals surface area contributed by atoms with E-state index in [0.29, 0.717) is 24.1 Å². The molecule has 0 nitrogen and oxygen atoms in total. The second-order valence-electron chi connectivity index (χ2n) is 8.05. The molecular weight excluding hydrogens is 431 g/mol. The molecule has 0 aliphatic heterocycles. The van der Waals surface area contributed by atoms with Crippen LogP contribution in [0.3, 0.4) is 0 Å². The van der Waals surface area contributed by atoms with E-state index >= 15 is 0 Å². The zero-order valence-electron chi connectivity index (χ0n) is 17.7. The summed E-state index contributed by atoms with van der Waals surface area (Å²) in [5.74, 6) is -6.71. The van der Waals surface area contributed by atoms with E-state index in [2.05, 4.69) is 6.58 Å². The van der Waals surface area contributed by atoms with Crippen molar-refractivity contribution in [3.63, 3.8) is 0 Å². The van der Waals surface area contributed by atoms with Gasteiger partial charge in [-0.15, -0.1) is 6.58 Å². The minimum Gasteiger partial charge on any atom is -0.206 e. The molecule has 0 spiro atoms. The zero-order chi connectivity index (χ0) is 23.5. The SMILES string of the molecule is C=C[C@H](CC1=CCC(c2cc(F)c(-c3cc(F)c(F)c(F)c3)c(F)c2)C=C1)c1ccccc1. The lowest BCUT2D eigenvalue weighted by Crippen LogP contribution is -2.04. The third-order valence-electron chi connectivity index (χ3n) is 5.91. The molecule has 0 N–H and O–H groups in total. The fourth-order valence-corrected chi connectivity index (χ4v) is 4.14. The molecule has 1 aliphatic rings. The van der Waals surface area contributed by atoms with Crippen molar-refractivity contribution in [2.45, 2.75) is 24.7 Å². The van der Waals surface area contributed by atoms with Crippen LogP contribution in [0.1, 0.15) is 35.8 Å². The second-order valence-corrected chi connectivity index (χ2v) is 8.05. The number of hydrogen-bond acceptors (Lipinski definition) is 0. The molecule has 0 heterocycles. The third-order valence-corrected chi connectivity index (χ3v) is 5.91. The van der Waals surface area contributed by atoms with E-state index in [1.54, 1.807) is 0 Å². The molecule has 1 unspecified atom stereocenters. The summed E-state index contributed by atoms with van der Waals surface area (Å²) in [5.41, 5.74) is 1.69. The first kappa shape index (κ1) is 22.7. The molecule has 2 atom stereocenters. The molecule has 3 aromatic carbocycles. The van der Waals surface area contributed by atoms with Crippen LogP contribution in [-0.2, 0) is 0 Å². The third kappa shape index (κ3) is 4.82. The highest BCUT2D eigenvalue weighted by Gasteiger charge is 2.21. The second kappa shape index (κ2) is 9.57. The first-order valence-electron chi connectivity index (χ1n) is 10.6. The predicted molar refractivity (Wildman–Crippen MR) is 120 cm³/mol. The molecule has 0 saturated heterocycles. The maximum Gasteiger partial charge on any atom is 0.194 e. The average Bonchev–Trinajstić information content (AvgIpc) is 2.81. The Morgan fingerprint density at radius 3 is 2.06 bits per heavy atom. The molecule has 4 rings (SSSR count). The van der Waals surface area contributed by atoms with Crippen molar-refractivity contribution in [2.75, 3.05) is 0 Å². The van der Waals surface area contributed by atoms with E-state index in [0.717, 1.165) is 29.7 Å². The first-order chi connectivity index (χ1) is 15.9. The van der Waals surface area contributed by atoms with Crippen LogP contribution >= 0.6 is 0 Å². The van der Waals surface area contributed by atoms with Crippen molar-refractivity contribution in [1.29, 1.82) is 0 Å². The van der Waals surface area contributed by atoms with Gasteiger partial charge in [-0.3, -0.25) is 0 Å². The van der Waals surface area contributed by atoms with Crippen LogP contribution < -0.4 is 0 Å². The molecule has 168 valence electrons. The molecule has 0 fully saturated rings. The maximum absolute atomic E-state index is 14.8. The van der Waals surface area contributed by atoms with Crippen molar-refractivity contribution >= 4 is 0 Å². The molecule has 0 bridgehead atoms. The normalized spacial score (nSPS) is 16.4. The van der Waals surface area contributed by atoms with Crippen LogP contribution in [0.25, 0.3) is 11.1 Å². The lowest BCUT2D eigenvalue weighted by Gasteiger charge is -2.20. The van der Waals surface area contributed by atoms with Gasteiger partial charge in [-0.05, 0) is 53.8 Å². The molecule has 0 saturated carbocycles. The van der Waals surface area contributed by atoms with E-state index in [-0.39, 0.29) is 11.8 Å². The van der Waals surface area contributed by atoms with Gasteiger partial charge in [-0.1, -0.05) is 60.2 Å². The summed E-state index contributed by atoms with van der Waals surface area (Å²) in [6, 6.07) is 13.5. The Hall–Kier alpha value is -3.47. The van der Waals surface area contributed by atoms with Crippen LogP contribution in [0.2, 0.25) is 0 Å². The largest absolute Gasteiger partial charge is 0.206 e. The Kier molecular flexibility index (Phi) is 6.59. The van der Waals surface area contributed by atoms with E-state index in [1.165, 1.54) is 0 Å². The van der Waals surface area contributed by atoms with E-state index in [1.807, 2.05) is 54.6 Å². The van der Waals surface area contributed by atoms with Gasteiger partial charge in [0, 0.05) is 11.8 Å². The summed E-state index contributed by atoms with van der Waals surface area (Å²) < 4.78 is 69.8. The van der Waals surface area contributed by atoms with Gasteiger partial charge in [0.05, 0.1) is 5.56 Å². The smallest absolute Gasteiger partial charge is 0.194 e. The van der Waals surface area contributed by atoms with Crippen LogP contribution in [0.15, 0.2) is 91.1 Å². The highest BCUT2D eigenvalue weighted by molar-refractivity contribution is 5.66. The van der Waals surface area contributed by atoms with Crippen LogP contribution in [0.5, 0.6) is 0 Å². The number of halogens is 5. The highest BCUT2D eigenvalue weighted by atomic mass is 19.2. The average molecular weight is 452 g/mol. The quantitative estimate of drug-likeness (QED) is 0.200. The number of hydrogen-bond donors (Lipinski definition) is 0. The number of rotatable bonds is 6. The van der Waals surface area contributed by atoms with E-state index in [9.17, 15) is 22.0 Å². The van der Waals surface area contributed by atoms with E-state index in [4.69, 9.17) is 0 Å². The summed E-state index contributed by atoms with van der Waals surface area (Å²) in [4.78, 5) is 0. The van der Waals surface area contributed by atoms with Crippen LogP contribution in [-0.4, -0.2) is 0 Å². The lowest BCUT2D eigenvalue weighted by molar-refractivity contribution is 0.447. The molecule has 0 radical (unpaired) electrons. The van der Waals surface area contributed by atoms with Gasteiger partial charge in [0.1, 0.15) is 11.6 Å². The van der Waals surface area contributed by atoms with Gasteiger partial charge in [0.15, 0.2) is 17.5 Å². The van der Waals surface area contributed by atoms with Gasteiger partial charge in [0.2, 0.25) is 0 Å². The fraction of sp³-hybridized carbons (Fsp3) is 0.143. The Labute approximate surface area is 189 Å². The van der Waals surface area contributed by atoms with Crippen molar-refractivity contribution in [1.82, 2.24) is 0 Å². The zero-order valence-corrected chi connectivity index (χ0v) is 17.7. The molecule has 0 amide bonds. The summed E-state index contributed by atoms with van der Waals surface area (Å²) in [6.07, 6.45) is 9.11. The van der Waals surface area contributed by atoms with Crippen molar-refractivity contribution in [3.8, 4) is 11.1 Å². The minimum absolute atomic E-state index is 0.157. The Balaban J connectivity index is 1.53. The van der Waals surface area contributed by atoms with E-state index < -0.39 is 40.2 Å². The van der Waals surface area contributed by atoms with Crippen molar-refractivity contribution in [2.24, 2.45) is 0 Å². The van der Waals surface area contributed by atoms with Gasteiger partial charge < -0.3 is 0 Å². The topological polar surface area (TPSA) is 0 Å². The minimum atomic E-state index is -1.68. The van der Waals surface area contributed by atoms with Crippen LogP contribution in [0.4, 0.5) is 22.0 Å². The standard InChI is InChI=1S/C28H21F5/c1-2-18(19-6-4-3-5-7-19)12-17-8-10-20(11-9-17)21-13-23(29)27(24(30)14-21)22-15-25(31)28(33)26(32)16-22/h2-10,13-16,18,20H,1,11-12H2/t18-,20?/m1/s1. The first-order valence-corrected chi connectivity index (χ1v) is 10.6. The molecule has 33 heavy (non-hydrogen) atoms. The maximum atomic E-state index is 14.8. The summed E-state index contributed by atoms with van der Waals surface area (Å²) in [7, 11) is 0. The Bertz CT molecular complexity index is 1190. The summed E-state index contributed by atoms with van der Waals surface area (Å²) in [5, 5.41) is 0. The molecular formula is C28H21F5. The number of allylic oxidation sites excluding steroid dienone is 5. The molecule has 0 aromatic heterocycles. The molecule has 3 aromatic rings. The van der Waals surface area contributed by atoms with Crippen molar-refractivity contribution in [3.05, 3.63) is 131 Å². The van der Waals surface area contributed by atoms with Gasteiger partial charge in [0.25, 0.3) is 0 Å². The van der Waals surface area contributed by atoms with Gasteiger partial charge >= 0.3 is 0 Å². The monoisotopic (exact) mass is 452 g/mol. The lowest BCUT2D eigenvalue weighted by atomic mass is 9.85. The van der Waals surface area contributed by atoms with Gasteiger partial charge in [-0.2, -0.15) is 0 Å². The van der Waals surface area contributed by atoms with Gasteiger partial charge in [-0.25, -0.2) is 22.0 Å². The Morgan fingerprint density at radius 1 is 0.879 bits per heavy atom. The summed E-state index contributed by atoms with van der Waals surface area (Å²) in [6.45, 7) is 3.93. The highest BCUT2D eigenvalue weighted by Crippen LogP contribution is 2.35. The van der Waals surface area contributed by atoms with Crippen molar-refractivity contribution < 1.29 is 22.0 Å². The molecule has 5 heteroatoms. The molecule has 1 aliphatic carbocycles. The predicted octanol–water partition coefficient (Wildman–Crippen LogP) is 8.38. The fourth-order valence-electron chi connectivity index (χ4n) is 4.14. The van der Waals surface area contributed by atoms with Crippen LogP contribution in [0, 0.1) is 29.1 Å². The number of benzene rings is 3.